The summed E-state index contributed by atoms with van der Waals surface area (Å²) >= 11 is 0. The minimum absolute atomic E-state index is 0. The third-order valence-electron chi connectivity index (χ3n) is 1.74. The van der Waals surface area contributed by atoms with E-state index < -0.39 is 0 Å². The molecular weight excluding hydrogens is 220 g/mol. The minimum atomic E-state index is 0. The molecule has 2 heteroatoms. The first-order valence-electron chi connectivity index (χ1n) is 3.62. The minimum Gasteiger partial charge on any atom is -0.413 e. The predicted molar refractivity (Wildman–Crippen MR) is 48.9 cm³/mol. The molecule has 0 saturated heterocycles. The van der Waals surface area contributed by atoms with Crippen molar-refractivity contribution in [3.05, 3.63) is 35.9 Å². The summed E-state index contributed by atoms with van der Waals surface area (Å²) in [5.41, 5.74) is 8.73. The molecule has 0 aliphatic heterocycles. The second kappa shape index (κ2) is 6.09. The molecular formula is C10H12NRb. The van der Waals surface area contributed by atoms with Crippen LogP contribution in [0.1, 0.15) is 19.4 Å². The fraction of sp³-hybridized carbons (Fsp3) is 0.200. The fourth-order valence-electron chi connectivity index (χ4n) is 0.973. The Morgan fingerprint density at radius 1 is 1.33 bits per heavy atom. The molecule has 1 nitrogen and oxygen atoms in total. The van der Waals surface area contributed by atoms with Crippen molar-refractivity contribution in [2.24, 2.45) is 0 Å². The fourth-order valence-corrected chi connectivity index (χ4v) is 0.973. The summed E-state index contributed by atoms with van der Waals surface area (Å²) in [5, 5.41) is 0. The van der Waals surface area contributed by atoms with Crippen LogP contribution in [0, 0.1) is 6.08 Å². The summed E-state index contributed by atoms with van der Waals surface area (Å²) in [7, 11) is 0. The van der Waals surface area contributed by atoms with Gasteiger partial charge in [0.05, 0.1) is 0 Å². The predicted octanol–water partition coefficient (Wildman–Crippen LogP) is -0.501. The first-order chi connectivity index (χ1) is 5.25. The summed E-state index contributed by atoms with van der Waals surface area (Å²) in [4.78, 5) is 0. The number of nitrogens with two attached hydrogens (primary N) is 1. The topological polar surface area (TPSA) is 26.0 Å². The Kier molecular flexibility index (Phi) is 6.37. The van der Waals surface area contributed by atoms with Gasteiger partial charge in [-0.2, -0.15) is 0 Å². The Bertz CT molecular complexity index is 279. The number of hydrogen-bond acceptors (Lipinski definition) is 1. The molecule has 0 atom stereocenters. The van der Waals surface area contributed by atoms with Crippen molar-refractivity contribution in [3.8, 4) is 0 Å². The maximum absolute atomic E-state index is 5.74. The summed E-state index contributed by atoms with van der Waals surface area (Å²) in [5.74, 6) is 0. The van der Waals surface area contributed by atoms with E-state index in [1.807, 2.05) is 38.1 Å². The van der Waals surface area contributed by atoms with Gasteiger partial charge in [-0.05, 0) is 5.69 Å². The first kappa shape index (κ1) is 12.6. The van der Waals surface area contributed by atoms with Crippen LogP contribution >= 0.6 is 0 Å². The molecule has 0 heterocycles. The Morgan fingerprint density at radius 3 is 2.42 bits per heavy atom. The van der Waals surface area contributed by atoms with Crippen LogP contribution in [0.4, 0.5) is 5.69 Å². The summed E-state index contributed by atoms with van der Waals surface area (Å²) in [6, 6.07) is 7.81. The molecule has 0 aliphatic carbocycles. The van der Waals surface area contributed by atoms with E-state index in [9.17, 15) is 0 Å². The summed E-state index contributed by atoms with van der Waals surface area (Å²) in [6.07, 6.45) is 3.06. The molecule has 0 saturated carbocycles. The number of benzene rings is 1. The Hall–Kier alpha value is 0.565. The molecule has 1 rings (SSSR count). The first-order valence-corrected chi connectivity index (χ1v) is 3.62. The van der Waals surface area contributed by atoms with E-state index in [4.69, 9.17) is 5.73 Å². The molecule has 0 bridgehead atoms. The van der Waals surface area contributed by atoms with Gasteiger partial charge in [0.15, 0.2) is 0 Å². The van der Waals surface area contributed by atoms with Crippen molar-refractivity contribution < 1.29 is 58.2 Å². The van der Waals surface area contributed by atoms with E-state index >= 15 is 0 Å². The largest absolute Gasteiger partial charge is 1.00 e. The third-order valence-corrected chi connectivity index (χ3v) is 1.74. The Morgan fingerprint density at radius 2 is 1.92 bits per heavy atom. The van der Waals surface area contributed by atoms with Gasteiger partial charge in [-0.25, -0.2) is 5.57 Å². The van der Waals surface area contributed by atoms with Crippen LogP contribution in [-0.4, -0.2) is 0 Å². The zero-order chi connectivity index (χ0) is 8.27. The molecule has 0 aromatic heterocycles. The van der Waals surface area contributed by atoms with Crippen molar-refractivity contribution in [2.45, 2.75) is 13.8 Å². The second-order valence-electron chi connectivity index (χ2n) is 2.46. The molecule has 0 radical (unpaired) electrons. The van der Waals surface area contributed by atoms with Crippen LogP contribution in [0.5, 0.6) is 0 Å². The van der Waals surface area contributed by atoms with E-state index in [1.54, 1.807) is 0 Å². The molecule has 0 aliphatic rings. The van der Waals surface area contributed by atoms with Crippen LogP contribution in [0.25, 0.3) is 5.57 Å². The smallest absolute Gasteiger partial charge is 0.413 e. The number of allylic oxidation sites excluding steroid dienone is 2. The maximum atomic E-state index is 5.74. The zero-order valence-electron chi connectivity index (χ0n) is 7.89. The van der Waals surface area contributed by atoms with Crippen molar-refractivity contribution in [1.29, 1.82) is 0 Å². The molecule has 2 N–H and O–H groups in total. The van der Waals surface area contributed by atoms with Gasteiger partial charge in [0.1, 0.15) is 0 Å². The molecule has 58 valence electrons. The Balaban J connectivity index is 0.00000121. The zero-order valence-corrected chi connectivity index (χ0v) is 12.8. The SMILES string of the molecule is C[C-]=C(C)c1ccccc1N.[Rb+]. The molecule has 0 spiro atoms. The van der Waals surface area contributed by atoms with Crippen LogP contribution in [-0.2, 0) is 0 Å². The van der Waals surface area contributed by atoms with Crippen LogP contribution in [0.15, 0.2) is 24.3 Å². The van der Waals surface area contributed by atoms with Crippen molar-refractivity contribution in [2.75, 3.05) is 5.73 Å². The van der Waals surface area contributed by atoms with Crippen LogP contribution < -0.4 is 63.9 Å². The number of rotatable bonds is 1. The van der Waals surface area contributed by atoms with Crippen molar-refractivity contribution in [1.82, 2.24) is 0 Å². The van der Waals surface area contributed by atoms with Gasteiger partial charge in [-0.3, -0.25) is 6.08 Å². The molecule has 0 unspecified atom stereocenters. The normalized spacial score (nSPS) is 10.7. The average Bonchev–Trinajstić information content (AvgIpc) is 2.04. The average molecular weight is 232 g/mol. The van der Waals surface area contributed by atoms with E-state index in [0.29, 0.717) is 0 Å². The molecule has 1 aromatic rings. The standard InChI is InChI=1S/C10H12N.Rb/c1-3-8(2)9-6-4-5-7-10(9)11;/h4-7H,11H2,1-2H3;/q-1;+1. The van der Waals surface area contributed by atoms with Gasteiger partial charge >= 0.3 is 58.2 Å². The second-order valence-corrected chi connectivity index (χ2v) is 2.46. The van der Waals surface area contributed by atoms with E-state index in [2.05, 4.69) is 6.08 Å². The quantitative estimate of drug-likeness (QED) is 0.512. The summed E-state index contributed by atoms with van der Waals surface area (Å²) < 4.78 is 0. The van der Waals surface area contributed by atoms with Gasteiger partial charge in [0, 0.05) is 0 Å². The summed E-state index contributed by atoms with van der Waals surface area (Å²) in [6.45, 7) is 3.90. The molecule has 0 fully saturated rings. The van der Waals surface area contributed by atoms with Crippen molar-refractivity contribution in [3.63, 3.8) is 0 Å². The molecule has 0 amide bonds. The number of anilines is 1. The molecule has 1 aromatic carbocycles. The Labute approximate surface area is 123 Å². The van der Waals surface area contributed by atoms with Crippen LogP contribution in [0.2, 0.25) is 0 Å². The third kappa shape index (κ3) is 3.13. The van der Waals surface area contributed by atoms with Crippen LogP contribution in [0.3, 0.4) is 0 Å². The molecule has 12 heavy (non-hydrogen) atoms. The monoisotopic (exact) mass is 231 g/mol. The van der Waals surface area contributed by atoms with Gasteiger partial charge in [0.25, 0.3) is 0 Å². The van der Waals surface area contributed by atoms with Crippen molar-refractivity contribution >= 4 is 11.3 Å². The van der Waals surface area contributed by atoms with Gasteiger partial charge in [-0.1, -0.05) is 25.1 Å². The maximum Gasteiger partial charge on any atom is 1.00 e. The number of hydrogen-bond donors (Lipinski definition) is 1. The number of nitrogen functional groups attached to an aromatic ring is 1. The van der Waals surface area contributed by atoms with E-state index in [0.717, 1.165) is 16.8 Å². The van der Waals surface area contributed by atoms with E-state index in [1.165, 1.54) is 0 Å². The number of para-hydroxylation sites is 1. The van der Waals surface area contributed by atoms with Gasteiger partial charge in [0.2, 0.25) is 0 Å². The van der Waals surface area contributed by atoms with Gasteiger partial charge < -0.3 is 5.73 Å². The van der Waals surface area contributed by atoms with E-state index in [-0.39, 0.29) is 58.2 Å². The van der Waals surface area contributed by atoms with Gasteiger partial charge in [-0.15, -0.1) is 18.6 Å².